The topological polar surface area (TPSA) is 85.8 Å². The normalized spacial score (nSPS) is 23.5. The van der Waals surface area contributed by atoms with Gasteiger partial charge in [-0.3, -0.25) is 4.90 Å². The number of thioether (sulfide) groups is 1. The number of morpholine rings is 1. The van der Waals surface area contributed by atoms with Gasteiger partial charge in [-0.15, -0.1) is 11.8 Å². The lowest BCUT2D eigenvalue weighted by molar-refractivity contribution is -0.0928. The molecule has 1 aromatic carbocycles. The van der Waals surface area contributed by atoms with E-state index in [0.717, 1.165) is 4.90 Å². The van der Waals surface area contributed by atoms with Crippen LogP contribution in [0.2, 0.25) is 0 Å². The third-order valence-electron chi connectivity index (χ3n) is 7.18. The maximum Gasteiger partial charge on any atom is 0.410 e. The second-order valence-electron chi connectivity index (χ2n) is 11.7. The molecule has 2 bridgehead atoms. The summed E-state index contributed by atoms with van der Waals surface area (Å²) in [6, 6.07) is 5.05. The molecule has 0 spiro atoms. The Bertz CT molecular complexity index is 1140. The fraction of sp³-hybridized carbons (Fsp3) is 0.607. The van der Waals surface area contributed by atoms with Gasteiger partial charge in [0.15, 0.2) is 0 Å². The summed E-state index contributed by atoms with van der Waals surface area (Å²) in [5.74, 6) is 0.640. The number of piperidine rings is 1. The SMILES string of the molecule is Cc1c(Nc2ccc(SC3CCC3)cc2F)ncnc1OC1CC2COCC(C1)N2C(=O)OCC(C)(C)C. The second-order valence-corrected chi connectivity index (χ2v) is 13.0. The molecule has 3 aliphatic rings. The number of rotatable bonds is 7. The Balaban J connectivity index is 1.23. The average Bonchev–Trinajstić information content (AvgIpc) is 2.83. The number of hydrogen-bond donors (Lipinski definition) is 1. The van der Waals surface area contributed by atoms with Gasteiger partial charge in [-0.1, -0.05) is 27.2 Å². The standard InChI is InChI=1S/C28H37FN4O4S/c1-17-25(32-24-9-8-22(12-23(24)29)38-21-6-5-7-21)30-16-31-26(17)37-20-10-18-13-35-14-19(11-20)33(18)27(34)36-15-28(2,3)4/h8-9,12,16,18-21H,5-7,10-11,13-15H2,1-4H3,(H,30,31,32). The lowest BCUT2D eigenvalue weighted by atomic mass is 9.92. The van der Waals surface area contributed by atoms with Crippen LogP contribution in [0.5, 0.6) is 5.88 Å². The first-order valence-electron chi connectivity index (χ1n) is 13.4. The highest BCUT2D eigenvalue weighted by Gasteiger charge is 2.43. The predicted molar refractivity (Wildman–Crippen MR) is 145 cm³/mol. The van der Waals surface area contributed by atoms with Gasteiger partial charge in [0.05, 0.1) is 43.2 Å². The Morgan fingerprint density at radius 1 is 1.21 bits per heavy atom. The van der Waals surface area contributed by atoms with E-state index in [1.165, 1.54) is 25.6 Å². The number of carbonyl (C=O) groups is 1. The number of benzene rings is 1. The summed E-state index contributed by atoms with van der Waals surface area (Å²) in [5, 5.41) is 3.71. The van der Waals surface area contributed by atoms with Crippen molar-refractivity contribution < 1.29 is 23.4 Å². The van der Waals surface area contributed by atoms with E-state index in [4.69, 9.17) is 14.2 Å². The van der Waals surface area contributed by atoms with Gasteiger partial charge in [0.1, 0.15) is 24.1 Å². The summed E-state index contributed by atoms with van der Waals surface area (Å²) in [5.41, 5.74) is 0.969. The van der Waals surface area contributed by atoms with E-state index in [1.807, 2.05) is 38.7 Å². The predicted octanol–water partition coefficient (Wildman–Crippen LogP) is 6.11. The van der Waals surface area contributed by atoms with Crippen molar-refractivity contribution in [1.82, 2.24) is 14.9 Å². The largest absolute Gasteiger partial charge is 0.474 e. The molecule has 3 heterocycles. The maximum atomic E-state index is 14.9. The van der Waals surface area contributed by atoms with Crippen LogP contribution in [0.4, 0.5) is 20.7 Å². The van der Waals surface area contributed by atoms with E-state index in [2.05, 4.69) is 15.3 Å². The van der Waals surface area contributed by atoms with Crippen LogP contribution in [0.25, 0.3) is 0 Å². The molecule has 206 valence electrons. The molecule has 1 aliphatic carbocycles. The number of nitrogens with one attached hydrogen (secondary N) is 1. The van der Waals surface area contributed by atoms with E-state index in [9.17, 15) is 9.18 Å². The molecule has 5 rings (SSSR count). The van der Waals surface area contributed by atoms with E-state index < -0.39 is 0 Å². The zero-order valence-electron chi connectivity index (χ0n) is 22.5. The molecular formula is C28H37FN4O4S. The highest BCUT2D eigenvalue weighted by Crippen LogP contribution is 2.38. The number of halogens is 1. The van der Waals surface area contributed by atoms with Gasteiger partial charge in [-0.2, -0.15) is 0 Å². The Morgan fingerprint density at radius 2 is 1.95 bits per heavy atom. The minimum absolute atomic E-state index is 0.0983. The summed E-state index contributed by atoms with van der Waals surface area (Å²) in [6.07, 6.45) is 5.88. The number of carbonyl (C=O) groups excluding carboxylic acids is 1. The molecule has 1 amide bonds. The summed E-state index contributed by atoms with van der Waals surface area (Å²) in [4.78, 5) is 24.3. The Kier molecular flexibility index (Phi) is 8.00. The van der Waals surface area contributed by atoms with Crippen LogP contribution >= 0.6 is 11.8 Å². The number of anilines is 2. The van der Waals surface area contributed by atoms with Crippen molar-refractivity contribution >= 4 is 29.4 Å². The van der Waals surface area contributed by atoms with E-state index in [-0.39, 0.29) is 35.5 Å². The monoisotopic (exact) mass is 544 g/mol. The van der Waals surface area contributed by atoms with Gasteiger partial charge >= 0.3 is 6.09 Å². The van der Waals surface area contributed by atoms with Gasteiger partial charge in [0, 0.05) is 23.0 Å². The fourth-order valence-electron chi connectivity index (χ4n) is 4.93. The van der Waals surface area contributed by atoms with Crippen LogP contribution in [0, 0.1) is 18.2 Å². The third kappa shape index (κ3) is 6.34. The minimum Gasteiger partial charge on any atom is -0.474 e. The van der Waals surface area contributed by atoms with Crippen molar-refractivity contribution in [3.05, 3.63) is 35.9 Å². The van der Waals surface area contributed by atoms with Gasteiger partial charge in [-0.05, 0) is 43.4 Å². The van der Waals surface area contributed by atoms with Crippen LogP contribution in [0.1, 0.15) is 58.4 Å². The molecule has 2 aromatic rings. The quantitative estimate of drug-likeness (QED) is 0.447. The third-order valence-corrected chi connectivity index (χ3v) is 8.51. The summed E-state index contributed by atoms with van der Waals surface area (Å²) in [7, 11) is 0. The van der Waals surface area contributed by atoms with Gasteiger partial charge in [0.25, 0.3) is 0 Å². The lowest BCUT2D eigenvalue weighted by Gasteiger charge is -2.47. The molecule has 3 fully saturated rings. The highest BCUT2D eigenvalue weighted by molar-refractivity contribution is 8.00. The molecule has 1 aromatic heterocycles. The van der Waals surface area contributed by atoms with Gasteiger partial charge in [-0.25, -0.2) is 19.2 Å². The first kappa shape index (κ1) is 27.0. The van der Waals surface area contributed by atoms with Crippen LogP contribution in [-0.4, -0.2) is 64.2 Å². The van der Waals surface area contributed by atoms with E-state index >= 15 is 0 Å². The molecule has 1 saturated carbocycles. The second kappa shape index (κ2) is 11.3. The molecule has 10 heteroatoms. The molecular weight excluding hydrogens is 507 g/mol. The number of aromatic nitrogens is 2. The summed E-state index contributed by atoms with van der Waals surface area (Å²) >= 11 is 1.74. The fourth-order valence-corrected chi connectivity index (χ4v) is 6.20. The van der Waals surface area contributed by atoms with Crippen molar-refractivity contribution in [3.8, 4) is 5.88 Å². The van der Waals surface area contributed by atoms with Crippen molar-refractivity contribution in [2.75, 3.05) is 25.1 Å². The van der Waals surface area contributed by atoms with Crippen LogP contribution in [-0.2, 0) is 9.47 Å². The van der Waals surface area contributed by atoms with Crippen molar-refractivity contribution in [1.29, 1.82) is 0 Å². The molecule has 2 saturated heterocycles. The molecule has 8 nitrogen and oxygen atoms in total. The summed E-state index contributed by atoms with van der Waals surface area (Å²) in [6.45, 7) is 9.23. The number of hydrogen-bond acceptors (Lipinski definition) is 8. The van der Waals surface area contributed by atoms with Crippen LogP contribution in [0.3, 0.4) is 0 Å². The first-order chi connectivity index (χ1) is 18.2. The van der Waals surface area contributed by atoms with Gasteiger partial charge in [0.2, 0.25) is 5.88 Å². The number of nitrogens with zero attached hydrogens (tertiary/aromatic N) is 3. The summed E-state index contributed by atoms with van der Waals surface area (Å²) < 4.78 is 32.5. The number of amides is 1. The lowest BCUT2D eigenvalue weighted by Crippen LogP contribution is -2.61. The zero-order valence-corrected chi connectivity index (χ0v) is 23.4. The zero-order chi connectivity index (χ0) is 26.9. The Hall–Kier alpha value is -2.59. The first-order valence-corrected chi connectivity index (χ1v) is 14.3. The molecule has 38 heavy (non-hydrogen) atoms. The Morgan fingerprint density at radius 3 is 2.58 bits per heavy atom. The molecule has 1 N–H and O–H groups in total. The minimum atomic E-state index is -0.312. The van der Waals surface area contributed by atoms with Crippen molar-refractivity contribution in [3.63, 3.8) is 0 Å². The Labute approximate surface area is 228 Å². The smallest absolute Gasteiger partial charge is 0.410 e. The van der Waals surface area contributed by atoms with E-state index in [1.54, 1.807) is 23.9 Å². The highest BCUT2D eigenvalue weighted by atomic mass is 32.2. The molecule has 2 unspecified atom stereocenters. The van der Waals surface area contributed by atoms with Crippen molar-refractivity contribution in [2.24, 2.45) is 5.41 Å². The molecule has 2 atom stereocenters. The maximum absolute atomic E-state index is 14.9. The number of ether oxygens (including phenoxy) is 3. The molecule has 0 radical (unpaired) electrons. The number of fused-ring (bicyclic) bond motifs is 2. The van der Waals surface area contributed by atoms with Crippen LogP contribution < -0.4 is 10.1 Å². The molecule has 2 aliphatic heterocycles. The van der Waals surface area contributed by atoms with Crippen LogP contribution in [0.15, 0.2) is 29.4 Å². The van der Waals surface area contributed by atoms with Crippen molar-refractivity contribution in [2.45, 2.75) is 88.1 Å². The van der Waals surface area contributed by atoms with E-state index in [0.29, 0.717) is 60.9 Å². The average molecular weight is 545 g/mol. The van der Waals surface area contributed by atoms with Gasteiger partial charge < -0.3 is 19.5 Å².